The molecule has 0 amide bonds. The van der Waals surface area contributed by atoms with Gasteiger partial charge in [0.1, 0.15) is 12.4 Å². The largest absolute Gasteiger partial charge is 0.491 e. The van der Waals surface area contributed by atoms with Crippen LogP contribution in [0.2, 0.25) is 0 Å². The second kappa shape index (κ2) is 5.17. The van der Waals surface area contributed by atoms with Gasteiger partial charge in [0.25, 0.3) is 0 Å². The Labute approximate surface area is 92.2 Å². The molecule has 0 spiro atoms. The molecule has 15 heavy (non-hydrogen) atoms. The van der Waals surface area contributed by atoms with Gasteiger partial charge < -0.3 is 9.47 Å². The maximum absolute atomic E-state index is 5.49. The van der Waals surface area contributed by atoms with Crippen LogP contribution < -0.4 is 4.74 Å². The molecule has 0 unspecified atom stereocenters. The third-order valence-electron chi connectivity index (χ3n) is 2.28. The molecule has 0 saturated carbocycles. The number of hydrogen-bond donors (Lipinski definition) is 0. The molecule has 2 nitrogen and oxygen atoms in total. The predicted molar refractivity (Wildman–Crippen MR) is 62.5 cm³/mol. The fraction of sp³-hybridized carbons (Fsp3) is 0.538. The van der Waals surface area contributed by atoms with E-state index in [9.17, 15) is 0 Å². The highest BCUT2D eigenvalue weighted by Crippen LogP contribution is 2.24. The van der Waals surface area contributed by atoms with E-state index in [4.69, 9.17) is 9.47 Å². The van der Waals surface area contributed by atoms with Crippen molar-refractivity contribution >= 4 is 0 Å². The third-order valence-corrected chi connectivity index (χ3v) is 2.28. The van der Waals surface area contributed by atoms with Crippen molar-refractivity contribution in [1.82, 2.24) is 0 Å². The van der Waals surface area contributed by atoms with Crippen molar-refractivity contribution < 1.29 is 9.47 Å². The monoisotopic (exact) mass is 208 g/mol. The molecule has 0 saturated heterocycles. The minimum atomic E-state index is 0.199. The summed E-state index contributed by atoms with van der Waals surface area (Å²) in [5.74, 6) is 0.903. The number of benzene rings is 1. The number of rotatable bonds is 4. The molecule has 0 atom stereocenters. The SMILES string of the molecule is COCCOc1ccc(C(C)(C)C)cc1. The highest BCUT2D eigenvalue weighted by molar-refractivity contribution is 5.31. The van der Waals surface area contributed by atoms with Gasteiger partial charge >= 0.3 is 0 Å². The Morgan fingerprint density at radius 3 is 2.07 bits per heavy atom. The van der Waals surface area contributed by atoms with Crippen molar-refractivity contribution in [3.63, 3.8) is 0 Å². The van der Waals surface area contributed by atoms with E-state index >= 15 is 0 Å². The van der Waals surface area contributed by atoms with Gasteiger partial charge in [0, 0.05) is 7.11 Å². The van der Waals surface area contributed by atoms with Gasteiger partial charge in [-0.1, -0.05) is 32.9 Å². The molecule has 84 valence electrons. The van der Waals surface area contributed by atoms with Crippen LogP contribution in [-0.4, -0.2) is 20.3 Å². The lowest BCUT2D eigenvalue weighted by Gasteiger charge is -2.19. The van der Waals surface area contributed by atoms with Crippen molar-refractivity contribution in [3.8, 4) is 5.75 Å². The number of ether oxygens (including phenoxy) is 2. The molecule has 0 radical (unpaired) electrons. The fourth-order valence-corrected chi connectivity index (χ4v) is 1.29. The molecule has 0 fully saturated rings. The minimum absolute atomic E-state index is 0.199. The molecular weight excluding hydrogens is 188 g/mol. The van der Waals surface area contributed by atoms with Gasteiger partial charge in [-0.2, -0.15) is 0 Å². The summed E-state index contributed by atoms with van der Waals surface area (Å²) >= 11 is 0. The second-order valence-corrected chi connectivity index (χ2v) is 4.62. The zero-order valence-electron chi connectivity index (χ0n) is 10.0. The Bertz CT molecular complexity index is 282. The summed E-state index contributed by atoms with van der Waals surface area (Å²) in [5, 5.41) is 0. The maximum Gasteiger partial charge on any atom is 0.119 e. The first-order chi connectivity index (χ1) is 7.04. The summed E-state index contributed by atoms with van der Waals surface area (Å²) in [4.78, 5) is 0. The highest BCUT2D eigenvalue weighted by atomic mass is 16.5. The molecule has 0 heterocycles. The molecular formula is C13H20O2. The lowest BCUT2D eigenvalue weighted by molar-refractivity contribution is 0.146. The molecule has 2 heteroatoms. The Balaban J connectivity index is 2.57. The standard InChI is InChI=1S/C13H20O2/c1-13(2,3)11-5-7-12(8-6-11)15-10-9-14-4/h5-8H,9-10H2,1-4H3. The Kier molecular flexibility index (Phi) is 4.15. The Morgan fingerprint density at radius 1 is 1.00 bits per heavy atom. The van der Waals surface area contributed by atoms with E-state index in [-0.39, 0.29) is 5.41 Å². The smallest absolute Gasteiger partial charge is 0.119 e. The molecule has 1 aromatic carbocycles. The summed E-state index contributed by atoms with van der Waals surface area (Å²) in [7, 11) is 1.67. The third kappa shape index (κ3) is 3.92. The summed E-state index contributed by atoms with van der Waals surface area (Å²) < 4.78 is 10.4. The summed E-state index contributed by atoms with van der Waals surface area (Å²) in [5.41, 5.74) is 1.52. The maximum atomic E-state index is 5.49. The molecule has 0 aromatic heterocycles. The van der Waals surface area contributed by atoms with Gasteiger partial charge in [-0.25, -0.2) is 0 Å². The molecule has 0 N–H and O–H groups in total. The van der Waals surface area contributed by atoms with Gasteiger partial charge in [0.2, 0.25) is 0 Å². The summed E-state index contributed by atoms with van der Waals surface area (Å²) in [6, 6.07) is 8.25. The summed E-state index contributed by atoms with van der Waals surface area (Å²) in [6.45, 7) is 7.84. The second-order valence-electron chi connectivity index (χ2n) is 4.62. The summed E-state index contributed by atoms with van der Waals surface area (Å²) in [6.07, 6.45) is 0. The van der Waals surface area contributed by atoms with E-state index < -0.39 is 0 Å². The quantitative estimate of drug-likeness (QED) is 0.708. The van der Waals surface area contributed by atoms with Crippen molar-refractivity contribution in [2.75, 3.05) is 20.3 Å². The first kappa shape index (κ1) is 12.1. The van der Waals surface area contributed by atoms with Crippen LogP contribution in [0.1, 0.15) is 26.3 Å². The van der Waals surface area contributed by atoms with Crippen LogP contribution in [0.15, 0.2) is 24.3 Å². The van der Waals surface area contributed by atoms with Crippen LogP contribution in [0.4, 0.5) is 0 Å². The first-order valence-corrected chi connectivity index (χ1v) is 5.26. The zero-order valence-corrected chi connectivity index (χ0v) is 10.0. The molecule has 0 aliphatic carbocycles. The number of hydrogen-bond acceptors (Lipinski definition) is 2. The van der Waals surface area contributed by atoms with E-state index in [1.54, 1.807) is 7.11 Å². The lowest BCUT2D eigenvalue weighted by atomic mass is 9.87. The average Bonchev–Trinajstić information content (AvgIpc) is 2.18. The molecule has 0 aliphatic rings. The van der Waals surface area contributed by atoms with Crippen molar-refractivity contribution in [2.45, 2.75) is 26.2 Å². The minimum Gasteiger partial charge on any atom is -0.491 e. The normalized spacial score (nSPS) is 11.5. The van der Waals surface area contributed by atoms with Gasteiger partial charge in [-0.3, -0.25) is 0 Å². The van der Waals surface area contributed by atoms with Gasteiger partial charge in [0.15, 0.2) is 0 Å². The lowest BCUT2D eigenvalue weighted by Crippen LogP contribution is -2.10. The molecule has 0 aliphatic heterocycles. The highest BCUT2D eigenvalue weighted by Gasteiger charge is 2.12. The molecule has 1 aromatic rings. The van der Waals surface area contributed by atoms with Gasteiger partial charge in [0.05, 0.1) is 6.61 Å². The zero-order chi connectivity index (χ0) is 11.3. The van der Waals surface area contributed by atoms with E-state index in [0.29, 0.717) is 13.2 Å². The van der Waals surface area contributed by atoms with E-state index in [0.717, 1.165) is 5.75 Å². The van der Waals surface area contributed by atoms with Crippen LogP contribution in [0.5, 0.6) is 5.75 Å². The average molecular weight is 208 g/mol. The first-order valence-electron chi connectivity index (χ1n) is 5.26. The molecule has 1 rings (SSSR count). The Morgan fingerprint density at radius 2 is 1.60 bits per heavy atom. The van der Waals surface area contributed by atoms with Crippen LogP contribution in [0.25, 0.3) is 0 Å². The topological polar surface area (TPSA) is 18.5 Å². The molecule has 0 bridgehead atoms. The van der Waals surface area contributed by atoms with E-state index in [1.165, 1.54) is 5.56 Å². The van der Waals surface area contributed by atoms with Crippen LogP contribution >= 0.6 is 0 Å². The van der Waals surface area contributed by atoms with Crippen LogP contribution in [0.3, 0.4) is 0 Å². The van der Waals surface area contributed by atoms with E-state index in [2.05, 4.69) is 32.9 Å². The van der Waals surface area contributed by atoms with Crippen molar-refractivity contribution in [3.05, 3.63) is 29.8 Å². The van der Waals surface area contributed by atoms with Crippen LogP contribution in [-0.2, 0) is 10.2 Å². The van der Waals surface area contributed by atoms with E-state index in [1.807, 2.05) is 12.1 Å². The van der Waals surface area contributed by atoms with Crippen molar-refractivity contribution in [1.29, 1.82) is 0 Å². The Hall–Kier alpha value is -1.02. The predicted octanol–water partition coefficient (Wildman–Crippen LogP) is 3.01. The van der Waals surface area contributed by atoms with Gasteiger partial charge in [-0.05, 0) is 23.1 Å². The van der Waals surface area contributed by atoms with Gasteiger partial charge in [-0.15, -0.1) is 0 Å². The fourth-order valence-electron chi connectivity index (χ4n) is 1.29. The van der Waals surface area contributed by atoms with Crippen molar-refractivity contribution in [2.24, 2.45) is 0 Å². The number of methoxy groups -OCH3 is 1. The van der Waals surface area contributed by atoms with Crippen LogP contribution in [0, 0.1) is 0 Å².